The first kappa shape index (κ1) is 16.3. The second-order valence-corrected chi connectivity index (χ2v) is 6.15. The molecule has 26 heavy (non-hydrogen) atoms. The van der Waals surface area contributed by atoms with E-state index in [0.29, 0.717) is 33.0 Å². The van der Waals surface area contributed by atoms with Gasteiger partial charge in [0.05, 0.1) is 29.4 Å². The van der Waals surface area contributed by atoms with Gasteiger partial charge in [-0.05, 0) is 31.2 Å². The lowest BCUT2D eigenvalue weighted by Gasteiger charge is -2.08. The molecule has 1 aromatic carbocycles. The van der Waals surface area contributed by atoms with E-state index < -0.39 is 5.97 Å². The minimum Gasteiger partial charge on any atom is -0.465 e. The molecule has 0 aliphatic rings. The summed E-state index contributed by atoms with van der Waals surface area (Å²) in [7, 11) is 1.30. The van der Waals surface area contributed by atoms with Gasteiger partial charge in [0.25, 0.3) is 5.56 Å². The monoisotopic (exact) mass is 368 g/mol. The number of aryl methyl sites for hydroxylation is 1. The molecule has 0 atom stereocenters. The van der Waals surface area contributed by atoms with Crippen LogP contribution in [0.1, 0.15) is 16.1 Å². The maximum Gasteiger partial charge on any atom is 0.343 e. The summed E-state index contributed by atoms with van der Waals surface area (Å²) in [6.45, 7) is 1.69. The quantitative estimate of drug-likeness (QED) is 0.508. The summed E-state index contributed by atoms with van der Waals surface area (Å²) in [4.78, 5) is 29.2. The zero-order valence-electron chi connectivity index (χ0n) is 13.9. The van der Waals surface area contributed by atoms with E-state index in [1.165, 1.54) is 22.4 Å². The number of nitrogens with zero attached hydrogens (tertiary/aromatic N) is 4. The first-order chi connectivity index (χ1) is 12.5. The summed E-state index contributed by atoms with van der Waals surface area (Å²) in [6.07, 6.45) is 3.09. The molecular formula is C18H13ClN4O3. The van der Waals surface area contributed by atoms with Crippen LogP contribution in [0, 0.1) is 6.92 Å². The van der Waals surface area contributed by atoms with Crippen LogP contribution in [0.3, 0.4) is 0 Å². The van der Waals surface area contributed by atoms with Crippen molar-refractivity contribution < 1.29 is 9.53 Å². The normalized spacial score (nSPS) is 11.2. The number of aromatic nitrogens is 4. The van der Waals surface area contributed by atoms with Crippen LogP contribution in [0.25, 0.3) is 22.2 Å². The van der Waals surface area contributed by atoms with Crippen LogP contribution >= 0.6 is 11.6 Å². The van der Waals surface area contributed by atoms with Gasteiger partial charge in [-0.25, -0.2) is 14.3 Å². The van der Waals surface area contributed by atoms with Gasteiger partial charge in [-0.15, -0.1) is 0 Å². The molecular weight excluding hydrogens is 356 g/mol. The van der Waals surface area contributed by atoms with E-state index in [9.17, 15) is 9.59 Å². The van der Waals surface area contributed by atoms with Gasteiger partial charge >= 0.3 is 5.97 Å². The number of ether oxygens (including phenoxy) is 1. The van der Waals surface area contributed by atoms with E-state index in [-0.39, 0.29) is 11.1 Å². The Bertz CT molecular complexity index is 1240. The van der Waals surface area contributed by atoms with Crippen molar-refractivity contribution >= 4 is 34.1 Å². The molecule has 7 nitrogen and oxygen atoms in total. The molecule has 0 fully saturated rings. The average molecular weight is 369 g/mol. The molecule has 0 spiro atoms. The largest absolute Gasteiger partial charge is 0.465 e. The van der Waals surface area contributed by atoms with Crippen LogP contribution in [0.15, 0.2) is 47.5 Å². The van der Waals surface area contributed by atoms with Crippen molar-refractivity contribution in [1.82, 2.24) is 19.2 Å². The molecule has 0 radical (unpaired) electrons. The number of rotatable bonds is 2. The predicted octanol–water partition coefficient (Wildman–Crippen LogP) is 2.78. The van der Waals surface area contributed by atoms with E-state index in [1.807, 2.05) is 0 Å². The van der Waals surface area contributed by atoms with Crippen molar-refractivity contribution in [2.24, 2.45) is 0 Å². The Labute approximate surface area is 152 Å². The molecule has 0 saturated carbocycles. The van der Waals surface area contributed by atoms with Gasteiger partial charge in [-0.3, -0.25) is 9.36 Å². The number of halogens is 1. The molecule has 130 valence electrons. The number of fused-ring (bicyclic) bond motifs is 3. The summed E-state index contributed by atoms with van der Waals surface area (Å²) >= 11 is 6.02. The van der Waals surface area contributed by atoms with Crippen molar-refractivity contribution in [3.05, 3.63) is 69.4 Å². The van der Waals surface area contributed by atoms with Gasteiger partial charge < -0.3 is 4.74 Å². The topological polar surface area (TPSA) is 78.5 Å². The van der Waals surface area contributed by atoms with Crippen LogP contribution in [0.4, 0.5) is 0 Å². The highest BCUT2D eigenvalue weighted by atomic mass is 35.5. The second kappa shape index (κ2) is 5.96. The fraction of sp³-hybridized carbons (Fsp3) is 0.111. The Morgan fingerprint density at radius 1 is 1.27 bits per heavy atom. The standard InChI is InChI=1S/C18H13ClN4O3/c1-10-15(18(25)26-2)16-20-9-13-14(23(16)21-10)6-7-22(17(13)24)12-5-3-4-11(19)8-12/h3-9H,1-2H3. The van der Waals surface area contributed by atoms with Crippen molar-refractivity contribution in [2.45, 2.75) is 6.92 Å². The summed E-state index contributed by atoms with van der Waals surface area (Å²) in [5, 5.41) is 5.26. The smallest absolute Gasteiger partial charge is 0.343 e. The molecule has 4 rings (SSSR count). The molecule has 0 unspecified atom stereocenters. The first-order valence-corrected chi connectivity index (χ1v) is 8.13. The number of methoxy groups -OCH3 is 1. The Kier molecular flexibility index (Phi) is 3.73. The molecule has 0 aliphatic carbocycles. The molecule has 0 N–H and O–H groups in total. The van der Waals surface area contributed by atoms with Crippen LogP contribution < -0.4 is 5.56 Å². The first-order valence-electron chi connectivity index (χ1n) is 7.75. The number of carbonyl (C=O) groups is 1. The van der Waals surface area contributed by atoms with E-state index in [0.717, 1.165) is 0 Å². The molecule has 0 saturated heterocycles. The van der Waals surface area contributed by atoms with Crippen molar-refractivity contribution in [2.75, 3.05) is 7.11 Å². The lowest BCUT2D eigenvalue weighted by atomic mass is 10.2. The molecule has 0 bridgehead atoms. The van der Waals surface area contributed by atoms with E-state index in [1.54, 1.807) is 43.5 Å². The average Bonchev–Trinajstić information content (AvgIpc) is 2.97. The van der Waals surface area contributed by atoms with Crippen molar-refractivity contribution in [1.29, 1.82) is 0 Å². The highest BCUT2D eigenvalue weighted by molar-refractivity contribution is 6.30. The van der Waals surface area contributed by atoms with Crippen molar-refractivity contribution in [3.63, 3.8) is 0 Å². The van der Waals surface area contributed by atoms with Gasteiger partial charge in [-0.2, -0.15) is 5.10 Å². The van der Waals surface area contributed by atoms with Crippen LogP contribution in [-0.2, 0) is 4.74 Å². The summed E-state index contributed by atoms with van der Waals surface area (Å²) < 4.78 is 7.77. The number of esters is 1. The van der Waals surface area contributed by atoms with Crippen LogP contribution in [0.5, 0.6) is 0 Å². The van der Waals surface area contributed by atoms with Gasteiger partial charge in [0.2, 0.25) is 0 Å². The van der Waals surface area contributed by atoms with Crippen molar-refractivity contribution in [3.8, 4) is 5.69 Å². The minimum atomic E-state index is -0.517. The maximum absolute atomic E-state index is 12.9. The van der Waals surface area contributed by atoms with Gasteiger partial charge in [0.1, 0.15) is 5.56 Å². The summed E-state index contributed by atoms with van der Waals surface area (Å²) in [6, 6.07) is 8.75. The van der Waals surface area contributed by atoms with Gasteiger partial charge in [0, 0.05) is 17.4 Å². The highest BCUT2D eigenvalue weighted by Crippen LogP contribution is 2.20. The third-order valence-corrected chi connectivity index (χ3v) is 4.40. The number of benzene rings is 1. The third-order valence-electron chi connectivity index (χ3n) is 4.16. The second-order valence-electron chi connectivity index (χ2n) is 5.72. The zero-order valence-corrected chi connectivity index (χ0v) is 14.7. The Balaban J connectivity index is 2.02. The predicted molar refractivity (Wildman–Crippen MR) is 97.2 cm³/mol. The highest BCUT2D eigenvalue weighted by Gasteiger charge is 2.21. The lowest BCUT2D eigenvalue weighted by Crippen LogP contribution is -2.18. The zero-order chi connectivity index (χ0) is 18.4. The maximum atomic E-state index is 12.9. The molecule has 0 aliphatic heterocycles. The van der Waals surface area contributed by atoms with Gasteiger partial charge in [0.15, 0.2) is 5.65 Å². The van der Waals surface area contributed by atoms with Crippen LogP contribution in [0.2, 0.25) is 5.02 Å². The third kappa shape index (κ3) is 2.36. The molecule has 3 heterocycles. The van der Waals surface area contributed by atoms with E-state index in [4.69, 9.17) is 16.3 Å². The number of hydrogen-bond donors (Lipinski definition) is 0. The number of pyridine rings is 1. The molecule has 4 aromatic rings. The van der Waals surface area contributed by atoms with Gasteiger partial charge in [-0.1, -0.05) is 17.7 Å². The fourth-order valence-electron chi connectivity index (χ4n) is 2.95. The summed E-state index contributed by atoms with van der Waals surface area (Å²) in [5.74, 6) is -0.517. The SMILES string of the molecule is COC(=O)c1c(C)nn2c1ncc1c(=O)n(-c3cccc(Cl)c3)ccc12. The Morgan fingerprint density at radius 2 is 2.08 bits per heavy atom. The fourth-order valence-corrected chi connectivity index (χ4v) is 3.13. The molecule has 0 amide bonds. The Hall–Kier alpha value is -3.19. The minimum absolute atomic E-state index is 0.257. The van der Waals surface area contributed by atoms with E-state index >= 15 is 0 Å². The van der Waals surface area contributed by atoms with Crippen LogP contribution in [-0.4, -0.2) is 32.2 Å². The molecule has 8 heteroatoms. The number of hydrogen-bond acceptors (Lipinski definition) is 5. The number of carbonyl (C=O) groups excluding carboxylic acids is 1. The lowest BCUT2D eigenvalue weighted by molar-refractivity contribution is 0.0602. The van der Waals surface area contributed by atoms with E-state index in [2.05, 4.69) is 10.1 Å². The molecule has 3 aromatic heterocycles. The summed E-state index contributed by atoms with van der Waals surface area (Å²) in [5.41, 5.74) is 2.06. The Morgan fingerprint density at radius 3 is 2.81 bits per heavy atom.